The number of carbonyl (C=O) groups is 2. The first-order valence-electron chi connectivity index (χ1n) is 5.65. The second-order valence-corrected chi connectivity index (χ2v) is 4.84. The maximum atomic E-state index is 11.5. The Morgan fingerprint density at radius 2 is 1.94 bits per heavy atom. The number of nitrogens with one attached hydrogen (secondary N) is 1. The Bertz CT molecular complexity index is 266. The standard InChI is InChI=1S/C11H22N2O4/c1-11(2,5-6-12)4-3-9(15)13-8(7-14)10(16)17/h8,14H,3-7,12H2,1-2H3,(H,13,15)(H,16,17)/t8-/m0/s1. The van der Waals surface area contributed by atoms with Gasteiger partial charge in [-0.25, -0.2) is 4.79 Å². The molecule has 0 aromatic rings. The van der Waals surface area contributed by atoms with Crippen LogP contribution in [0.4, 0.5) is 0 Å². The largest absolute Gasteiger partial charge is 0.480 e. The van der Waals surface area contributed by atoms with E-state index < -0.39 is 18.6 Å². The number of hydrogen-bond donors (Lipinski definition) is 4. The van der Waals surface area contributed by atoms with Gasteiger partial charge in [0.25, 0.3) is 0 Å². The quantitative estimate of drug-likeness (QED) is 0.470. The molecule has 0 aromatic carbocycles. The third-order valence-electron chi connectivity index (χ3n) is 2.67. The molecular weight excluding hydrogens is 224 g/mol. The highest BCUT2D eigenvalue weighted by molar-refractivity contribution is 5.83. The monoisotopic (exact) mass is 246 g/mol. The fourth-order valence-electron chi connectivity index (χ4n) is 1.42. The number of amides is 1. The second kappa shape index (κ2) is 7.24. The van der Waals surface area contributed by atoms with Crippen molar-refractivity contribution in [3.05, 3.63) is 0 Å². The van der Waals surface area contributed by atoms with Crippen LogP contribution in [-0.4, -0.2) is 41.3 Å². The van der Waals surface area contributed by atoms with E-state index in [0.717, 1.165) is 6.42 Å². The van der Waals surface area contributed by atoms with E-state index in [9.17, 15) is 9.59 Å². The molecule has 5 N–H and O–H groups in total. The van der Waals surface area contributed by atoms with Crippen molar-refractivity contribution in [3.8, 4) is 0 Å². The predicted octanol–water partition coefficient (Wildman–Crippen LogP) is -0.297. The molecule has 0 aliphatic rings. The highest BCUT2D eigenvalue weighted by atomic mass is 16.4. The van der Waals surface area contributed by atoms with E-state index in [4.69, 9.17) is 15.9 Å². The number of hydrogen-bond acceptors (Lipinski definition) is 4. The molecule has 0 radical (unpaired) electrons. The zero-order chi connectivity index (χ0) is 13.5. The van der Waals surface area contributed by atoms with Gasteiger partial charge in [-0.3, -0.25) is 4.79 Å². The van der Waals surface area contributed by atoms with E-state index in [1.54, 1.807) is 0 Å². The Kier molecular flexibility index (Phi) is 6.75. The van der Waals surface area contributed by atoms with E-state index >= 15 is 0 Å². The molecule has 17 heavy (non-hydrogen) atoms. The van der Waals surface area contributed by atoms with Crippen LogP contribution in [0.5, 0.6) is 0 Å². The van der Waals surface area contributed by atoms with Gasteiger partial charge >= 0.3 is 5.97 Å². The Labute approximate surface area is 101 Å². The van der Waals surface area contributed by atoms with Crippen molar-refractivity contribution in [1.29, 1.82) is 0 Å². The van der Waals surface area contributed by atoms with Crippen LogP contribution in [-0.2, 0) is 9.59 Å². The second-order valence-electron chi connectivity index (χ2n) is 4.84. The average molecular weight is 246 g/mol. The first-order chi connectivity index (χ1) is 7.82. The molecule has 0 heterocycles. The Balaban J connectivity index is 4.06. The molecule has 0 bridgehead atoms. The number of carbonyl (C=O) groups excluding carboxylic acids is 1. The average Bonchev–Trinajstić information content (AvgIpc) is 2.22. The predicted molar refractivity (Wildman–Crippen MR) is 63.3 cm³/mol. The van der Waals surface area contributed by atoms with Crippen LogP contribution in [0.1, 0.15) is 33.1 Å². The van der Waals surface area contributed by atoms with Crippen molar-refractivity contribution < 1.29 is 19.8 Å². The Morgan fingerprint density at radius 3 is 2.35 bits per heavy atom. The molecule has 0 unspecified atom stereocenters. The smallest absolute Gasteiger partial charge is 0.328 e. The summed E-state index contributed by atoms with van der Waals surface area (Å²) in [6, 6.07) is -1.22. The summed E-state index contributed by atoms with van der Waals surface area (Å²) in [5, 5.41) is 19.6. The van der Waals surface area contributed by atoms with E-state index in [-0.39, 0.29) is 17.7 Å². The van der Waals surface area contributed by atoms with Gasteiger partial charge in [-0.05, 0) is 24.8 Å². The zero-order valence-electron chi connectivity index (χ0n) is 10.4. The maximum absolute atomic E-state index is 11.5. The van der Waals surface area contributed by atoms with Crippen molar-refractivity contribution in [1.82, 2.24) is 5.32 Å². The van der Waals surface area contributed by atoms with E-state index in [1.165, 1.54) is 0 Å². The van der Waals surface area contributed by atoms with Crippen molar-refractivity contribution >= 4 is 11.9 Å². The minimum Gasteiger partial charge on any atom is -0.480 e. The summed E-state index contributed by atoms with van der Waals surface area (Å²) in [6.45, 7) is 3.97. The SMILES string of the molecule is CC(C)(CCN)CCC(=O)N[C@@H](CO)C(=O)O. The van der Waals surface area contributed by atoms with Gasteiger partial charge in [-0.15, -0.1) is 0 Å². The molecule has 0 aliphatic carbocycles. The molecule has 0 spiro atoms. The highest BCUT2D eigenvalue weighted by Gasteiger charge is 2.21. The summed E-state index contributed by atoms with van der Waals surface area (Å²) in [7, 11) is 0. The van der Waals surface area contributed by atoms with Gasteiger partial charge in [0, 0.05) is 6.42 Å². The van der Waals surface area contributed by atoms with Gasteiger partial charge < -0.3 is 21.3 Å². The van der Waals surface area contributed by atoms with Gasteiger partial charge in [-0.2, -0.15) is 0 Å². The van der Waals surface area contributed by atoms with Gasteiger partial charge in [0.15, 0.2) is 0 Å². The molecule has 1 atom stereocenters. The normalized spacial score (nSPS) is 13.2. The summed E-state index contributed by atoms with van der Waals surface area (Å²) in [5.74, 6) is -1.60. The summed E-state index contributed by atoms with van der Waals surface area (Å²) in [5.41, 5.74) is 5.41. The highest BCUT2D eigenvalue weighted by Crippen LogP contribution is 2.25. The molecule has 1 amide bonds. The van der Waals surface area contributed by atoms with Crippen LogP contribution < -0.4 is 11.1 Å². The van der Waals surface area contributed by atoms with E-state index in [1.807, 2.05) is 13.8 Å². The van der Waals surface area contributed by atoms with Gasteiger partial charge in [-0.1, -0.05) is 13.8 Å². The summed E-state index contributed by atoms with van der Waals surface area (Å²) < 4.78 is 0. The van der Waals surface area contributed by atoms with Gasteiger partial charge in [0.05, 0.1) is 6.61 Å². The lowest BCUT2D eigenvalue weighted by molar-refractivity contribution is -0.143. The number of rotatable bonds is 8. The van der Waals surface area contributed by atoms with E-state index in [0.29, 0.717) is 13.0 Å². The molecule has 0 fully saturated rings. The summed E-state index contributed by atoms with van der Waals surface area (Å²) >= 11 is 0. The number of aliphatic carboxylic acids is 1. The van der Waals surface area contributed by atoms with Crippen LogP contribution in [0.25, 0.3) is 0 Å². The summed E-state index contributed by atoms with van der Waals surface area (Å²) in [4.78, 5) is 22.0. The number of nitrogens with two attached hydrogens (primary N) is 1. The third kappa shape index (κ3) is 6.91. The lowest BCUT2D eigenvalue weighted by Gasteiger charge is -2.23. The van der Waals surface area contributed by atoms with Gasteiger partial charge in [0.1, 0.15) is 6.04 Å². The Hall–Kier alpha value is -1.14. The van der Waals surface area contributed by atoms with Gasteiger partial charge in [0.2, 0.25) is 5.91 Å². The van der Waals surface area contributed by atoms with Crippen LogP contribution in [0.2, 0.25) is 0 Å². The molecule has 6 heteroatoms. The van der Waals surface area contributed by atoms with Crippen LogP contribution in [0.15, 0.2) is 0 Å². The molecule has 0 aliphatic heterocycles. The van der Waals surface area contributed by atoms with E-state index in [2.05, 4.69) is 5.32 Å². The topological polar surface area (TPSA) is 113 Å². The number of carboxylic acids is 1. The van der Waals surface area contributed by atoms with Crippen LogP contribution in [0, 0.1) is 5.41 Å². The van der Waals surface area contributed by atoms with Crippen molar-refractivity contribution in [2.45, 2.75) is 39.2 Å². The maximum Gasteiger partial charge on any atom is 0.328 e. The molecule has 100 valence electrons. The molecule has 0 aromatic heterocycles. The fourth-order valence-corrected chi connectivity index (χ4v) is 1.42. The van der Waals surface area contributed by atoms with Crippen molar-refractivity contribution in [3.63, 3.8) is 0 Å². The summed E-state index contributed by atoms with van der Waals surface area (Å²) in [6.07, 6.45) is 1.67. The molecule has 0 saturated carbocycles. The van der Waals surface area contributed by atoms with Crippen molar-refractivity contribution in [2.75, 3.05) is 13.2 Å². The number of carboxylic acid groups (broad SMARTS) is 1. The van der Waals surface area contributed by atoms with Crippen molar-refractivity contribution in [2.24, 2.45) is 11.1 Å². The minimum atomic E-state index is -1.23. The lowest BCUT2D eigenvalue weighted by Crippen LogP contribution is -2.43. The third-order valence-corrected chi connectivity index (χ3v) is 2.67. The molecule has 6 nitrogen and oxygen atoms in total. The fraction of sp³-hybridized carbons (Fsp3) is 0.818. The lowest BCUT2D eigenvalue weighted by atomic mass is 9.84. The van der Waals surface area contributed by atoms with Crippen LogP contribution >= 0.6 is 0 Å². The number of aliphatic hydroxyl groups is 1. The molecule has 0 saturated heterocycles. The first-order valence-corrected chi connectivity index (χ1v) is 5.65. The number of aliphatic hydroxyl groups excluding tert-OH is 1. The Morgan fingerprint density at radius 1 is 1.35 bits per heavy atom. The minimum absolute atomic E-state index is 0.0377. The molecule has 0 rings (SSSR count). The first kappa shape index (κ1) is 15.9. The zero-order valence-corrected chi connectivity index (χ0v) is 10.4. The molecular formula is C11H22N2O4. The van der Waals surface area contributed by atoms with Crippen LogP contribution in [0.3, 0.4) is 0 Å².